The van der Waals surface area contributed by atoms with Crippen LogP contribution in [0.2, 0.25) is 5.02 Å². The van der Waals surface area contributed by atoms with Crippen molar-refractivity contribution in [2.24, 2.45) is 11.8 Å². The lowest BCUT2D eigenvalue weighted by molar-refractivity contribution is -0.111. The minimum Gasteiger partial charge on any atom is -0.436 e. The van der Waals surface area contributed by atoms with Gasteiger partial charge in [-0.15, -0.1) is 0 Å². The highest BCUT2D eigenvalue weighted by molar-refractivity contribution is 7.45. The first-order valence-electron chi connectivity index (χ1n) is 12.1. The highest BCUT2D eigenvalue weighted by Gasteiger charge is 2.41. The number of aromatic nitrogens is 2. The van der Waals surface area contributed by atoms with Crippen molar-refractivity contribution in [3.05, 3.63) is 29.3 Å². The number of fused-ring (bicyclic) bond motifs is 1. The van der Waals surface area contributed by atoms with E-state index in [1.165, 1.54) is 5.01 Å². The molecule has 4 unspecified atom stereocenters. The summed E-state index contributed by atoms with van der Waals surface area (Å²) < 4.78 is 18.5. The van der Waals surface area contributed by atoms with Gasteiger partial charge in [0.2, 0.25) is 5.95 Å². The van der Waals surface area contributed by atoms with Crippen molar-refractivity contribution in [1.82, 2.24) is 15.1 Å². The molecule has 0 bridgehead atoms. The summed E-state index contributed by atoms with van der Waals surface area (Å²) in [5.41, 5.74) is 5.89. The summed E-state index contributed by atoms with van der Waals surface area (Å²) in [6.45, 7) is 8.90. The number of rotatable bonds is 11. The second kappa shape index (κ2) is 11.5. The van der Waals surface area contributed by atoms with Crippen molar-refractivity contribution in [1.29, 1.82) is 0 Å². The molecule has 6 N–H and O–H groups in total. The quantitative estimate of drug-likeness (QED) is 0.140. The van der Waals surface area contributed by atoms with Gasteiger partial charge in [-0.3, -0.25) is 5.01 Å². The van der Waals surface area contributed by atoms with Gasteiger partial charge in [-0.1, -0.05) is 18.5 Å². The number of halogens is 1. The van der Waals surface area contributed by atoms with Crippen LogP contribution in [0.25, 0.3) is 0 Å². The van der Waals surface area contributed by atoms with Crippen molar-refractivity contribution >= 4 is 49.7 Å². The zero-order valence-electron chi connectivity index (χ0n) is 21.3. The standard InChI is InChI=1S/C23H34ClN8O4P/c1-5-32(26)20-18-19(28-22(25)29-20)31(13-27-18)21-14(2)10-17(35-21)11-34-37(30-23(3,4)12-33)36-16-8-6-15(24)7-9-16/h6-9,12,14,17,21,27,30H,5,10-11,13,26H2,1-4H3,(H2,25,28,29). The van der Waals surface area contributed by atoms with Gasteiger partial charge >= 0.3 is 8.53 Å². The minimum absolute atomic E-state index is 0.144. The van der Waals surface area contributed by atoms with Crippen molar-refractivity contribution in [3.8, 4) is 5.75 Å². The summed E-state index contributed by atoms with van der Waals surface area (Å²) in [5, 5.41) is 8.60. The van der Waals surface area contributed by atoms with Crippen LogP contribution < -0.4 is 36.4 Å². The SMILES string of the molecule is CCN(N)c1nc(N)nc2c1NCN2C1OC(COP(NC(C)(C)C=O)Oc2ccc(Cl)cc2)CC1C. The van der Waals surface area contributed by atoms with E-state index < -0.39 is 14.1 Å². The van der Waals surface area contributed by atoms with Gasteiger partial charge in [-0.25, -0.2) is 10.9 Å². The molecule has 1 aromatic carbocycles. The number of anilines is 4. The lowest BCUT2D eigenvalue weighted by atomic mass is 10.1. The first-order valence-corrected chi connectivity index (χ1v) is 13.6. The Kier molecular flexibility index (Phi) is 8.57. The second-order valence-corrected chi connectivity index (χ2v) is 11.2. The van der Waals surface area contributed by atoms with E-state index in [1.54, 1.807) is 38.1 Å². The van der Waals surface area contributed by atoms with Crippen LogP contribution in [0.3, 0.4) is 0 Å². The van der Waals surface area contributed by atoms with Gasteiger partial charge in [-0.05, 0) is 51.5 Å². The maximum absolute atomic E-state index is 11.5. The predicted octanol–water partition coefficient (Wildman–Crippen LogP) is 3.24. The molecule has 1 saturated heterocycles. The Morgan fingerprint density at radius 3 is 2.78 bits per heavy atom. The lowest BCUT2D eigenvalue weighted by Gasteiger charge is -2.28. The molecule has 2 aliphatic rings. The van der Waals surface area contributed by atoms with Crippen LogP contribution in [0.5, 0.6) is 5.75 Å². The molecule has 1 fully saturated rings. The Morgan fingerprint density at radius 1 is 1.38 bits per heavy atom. The molecule has 3 heterocycles. The molecule has 0 aliphatic carbocycles. The van der Waals surface area contributed by atoms with Gasteiger partial charge in [-0.2, -0.15) is 9.97 Å². The van der Waals surface area contributed by atoms with Gasteiger partial charge in [0.1, 0.15) is 24.0 Å². The number of ether oxygens (including phenoxy) is 1. The Morgan fingerprint density at radius 2 is 2.11 bits per heavy atom. The number of nitrogens with two attached hydrogens (primary N) is 2. The van der Waals surface area contributed by atoms with E-state index in [4.69, 9.17) is 37.0 Å². The van der Waals surface area contributed by atoms with Crippen LogP contribution in [0.4, 0.5) is 23.3 Å². The van der Waals surface area contributed by atoms with Crippen molar-refractivity contribution in [2.45, 2.75) is 52.0 Å². The molecule has 1 aromatic heterocycles. The smallest absolute Gasteiger partial charge is 0.319 e. The van der Waals surface area contributed by atoms with E-state index in [0.717, 1.165) is 18.4 Å². The first kappa shape index (κ1) is 27.6. The van der Waals surface area contributed by atoms with Crippen molar-refractivity contribution in [2.75, 3.05) is 40.8 Å². The Balaban J connectivity index is 1.43. The summed E-state index contributed by atoms with van der Waals surface area (Å²) in [7, 11) is -1.64. The van der Waals surface area contributed by atoms with E-state index in [0.29, 0.717) is 35.6 Å². The largest absolute Gasteiger partial charge is 0.436 e. The molecular formula is C23H34ClN8O4P. The van der Waals surface area contributed by atoms with E-state index in [2.05, 4.69) is 27.3 Å². The number of hydrazine groups is 1. The summed E-state index contributed by atoms with van der Waals surface area (Å²) >= 11 is 5.99. The minimum atomic E-state index is -1.64. The number of nitrogen functional groups attached to an aromatic ring is 1. The molecular weight excluding hydrogens is 519 g/mol. The van der Waals surface area contributed by atoms with E-state index in [1.807, 2.05) is 11.8 Å². The monoisotopic (exact) mass is 552 g/mol. The zero-order chi connectivity index (χ0) is 26.7. The molecule has 4 atom stereocenters. The Bertz CT molecular complexity index is 1100. The van der Waals surface area contributed by atoms with Gasteiger partial charge in [0.25, 0.3) is 0 Å². The van der Waals surface area contributed by atoms with Crippen LogP contribution in [0, 0.1) is 5.92 Å². The molecule has 2 aliphatic heterocycles. The van der Waals surface area contributed by atoms with Crippen molar-refractivity contribution in [3.63, 3.8) is 0 Å². The van der Waals surface area contributed by atoms with Gasteiger partial charge in [0.05, 0.1) is 24.9 Å². The third kappa shape index (κ3) is 6.51. The topological polar surface area (TPSA) is 153 Å². The fraction of sp³-hybridized carbons (Fsp3) is 0.522. The molecule has 14 heteroatoms. The molecule has 2 aromatic rings. The molecule has 37 heavy (non-hydrogen) atoms. The molecule has 0 spiro atoms. The van der Waals surface area contributed by atoms with Gasteiger partial charge in [0, 0.05) is 17.5 Å². The zero-order valence-corrected chi connectivity index (χ0v) is 23.0. The summed E-state index contributed by atoms with van der Waals surface area (Å²) in [5.74, 6) is 8.22. The highest BCUT2D eigenvalue weighted by Crippen LogP contribution is 2.43. The Hall–Kier alpha value is -2.47. The van der Waals surface area contributed by atoms with E-state index >= 15 is 0 Å². The number of nitrogens with one attached hydrogen (secondary N) is 2. The maximum atomic E-state index is 11.5. The number of aldehydes is 1. The predicted molar refractivity (Wildman–Crippen MR) is 145 cm³/mol. The van der Waals surface area contributed by atoms with Crippen LogP contribution in [0.15, 0.2) is 24.3 Å². The molecule has 12 nitrogen and oxygen atoms in total. The van der Waals surface area contributed by atoms with Crippen LogP contribution in [-0.4, -0.2) is 53.9 Å². The molecule has 202 valence electrons. The van der Waals surface area contributed by atoms with Crippen LogP contribution >= 0.6 is 20.1 Å². The number of carbonyl (C=O) groups is 1. The van der Waals surface area contributed by atoms with Crippen LogP contribution in [-0.2, 0) is 14.1 Å². The number of nitrogens with zero attached hydrogens (tertiary/aromatic N) is 4. The lowest BCUT2D eigenvalue weighted by Crippen LogP contribution is -2.39. The normalized spacial score (nSPS) is 21.9. The van der Waals surface area contributed by atoms with Gasteiger partial charge in [0.15, 0.2) is 11.6 Å². The second-order valence-electron chi connectivity index (χ2n) is 9.61. The van der Waals surface area contributed by atoms with Crippen molar-refractivity contribution < 1.29 is 18.6 Å². The van der Waals surface area contributed by atoms with Gasteiger partial charge < -0.3 is 34.5 Å². The summed E-state index contributed by atoms with van der Waals surface area (Å²) in [4.78, 5) is 22.3. The average Bonchev–Trinajstić information content (AvgIpc) is 3.45. The average molecular weight is 553 g/mol. The number of benzene rings is 1. The highest BCUT2D eigenvalue weighted by atomic mass is 35.5. The maximum Gasteiger partial charge on any atom is 0.319 e. The Labute approximate surface area is 222 Å². The van der Waals surface area contributed by atoms with E-state index in [-0.39, 0.29) is 30.8 Å². The fourth-order valence-electron chi connectivity index (χ4n) is 4.12. The first-order chi connectivity index (χ1) is 17.6. The molecule has 0 amide bonds. The molecule has 0 radical (unpaired) electrons. The molecule has 4 rings (SSSR count). The third-order valence-corrected chi connectivity index (χ3v) is 7.78. The number of hydrogen-bond acceptors (Lipinski definition) is 12. The third-order valence-electron chi connectivity index (χ3n) is 6.01. The number of hydrogen-bond donors (Lipinski definition) is 4. The summed E-state index contributed by atoms with van der Waals surface area (Å²) in [6, 6.07) is 6.97. The van der Waals surface area contributed by atoms with Crippen LogP contribution in [0.1, 0.15) is 34.1 Å². The summed E-state index contributed by atoms with van der Waals surface area (Å²) in [6.07, 6.45) is 1.15. The van der Waals surface area contributed by atoms with E-state index in [9.17, 15) is 4.79 Å². The number of carbonyl (C=O) groups excluding carboxylic acids is 1. The molecule has 0 saturated carbocycles. The fourth-order valence-corrected chi connectivity index (χ4v) is 5.54.